The summed E-state index contributed by atoms with van der Waals surface area (Å²) in [5.41, 5.74) is 2.71. The molecule has 2 N–H and O–H groups in total. The van der Waals surface area contributed by atoms with E-state index >= 15 is 0 Å². The molecule has 5 heteroatoms. The number of rotatable bonds is 1. The number of amides is 2. The summed E-state index contributed by atoms with van der Waals surface area (Å²) in [4.78, 5) is 17.7. The first kappa shape index (κ1) is 19.7. The Kier molecular flexibility index (Phi) is 5.41. The van der Waals surface area contributed by atoms with E-state index in [2.05, 4.69) is 60.6 Å². The first-order chi connectivity index (χ1) is 13.4. The van der Waals surface area contributed by atoms with E-state index in [1.807, 2.05) is 4.90 Å². The molecule has 0 bridgehead atoms. The van der Waals surface area contributed by atoms with Gasteiger partial charge in [0.15, 0.2) is 0 Å². The van der Waals surface area contributed by atoms with Gasteiger partial charge in [-0.05, 0) is 83.8 Å². The van der Waals surface area contributed by atoms with Gasteiger partial charge < -0.3 is 20.4 Å². The molecule has 5 nitrogen and oxygen atoms in total. The van der Waals surface area contributed by atoms with Crippen LogP contribution in [-0.2, 0) is 12.0 Å². The number of fused-ring (bicyclic) bond motifs is 2. The highest BCUT2D eigenvalue weighted by Crippen LogP contribution is 2.42. The largest absolute Gasteiger partial charge is 0.333 e. The van der Waals surface area contributed by atoms with Gasteiger partial charge in [0.25, 0.3) is 0 Å². The molecular formula is C23H36N4O. The van der Waals surface area contributed by atoms with Crippen LogP contribution in [0.3, 0.4) is 0 Å². The SMILES string of the molecule is CC(C)(C)NC(=O)N1Cc2ccccc2C2(CCN(C3CCNCC3)CC2)C1. The van der Waals surface area contributed by atoms with Gasteiger partial charge in [-0.15, -0.1) is 0 Å². The molecule has 3 heterocycles. The molecule has 1 aromatic rings. The van der Waals surface area contributed by atoms with Gasteiger partial charge in [0, 0.05) is 30.1 Å². The molecule has 2 amide bonds. The Bertz CT molecular complexity index is 697. The van der Waals surface area contributed by atoms with Gasteiger partial charge in [-0.25, -0.2) is 4.79 Å². The zero-order valence-electron chi connectivity index (χ0n) is 17.8. The average molecular weight is 385 g/mol. The van der Waals surface area contributed by atoms with Crippen LogP contribution in [0.15, 0.2) is 24.3 Å². The van der Waals surface area contributed by atoms with Gasteiger partial charge in [-0.3, -0.25) is 0 Å². The van der Waals surface area contributed by atoms with Crippen LogP contribution in [0.5, 0.6) is 0 Å². The number of urea groups is 1. The molecule has 3 aliphatic heterocycles. The average Bonchev–Trinajstić information content (AvgIpc) is 2.68. The van der Waals surface area contributed by atoms with E-state index in [1.54, 1.807) is 0 Å². The first-order valence-electron chi connectivity index (χ1n) is 11.0. The van der Waals surface area contributed by atoms with Crippen LogP contribution in [0, 0.1) is 0 Å². The Labute approximate surface area is 169 Å². The van der Waals surface area contributed by atoms with Crippen LogP contribution in [0.1, 0.15) is 57.6 Å². The van der Waals surface area contributed by atoms with Gasteiger partial charge >= 0.3 is 6.03 Å². The fourth-order valence-electron chi connectivity index (χ4n) is 5.35. The minimum atomic E-state index is -0.209. The molecule has 1 spiro atoms. The molecule has 0 aromatic heterocycles. The van der Waals surface area contributed by atoms with Crippen LogP contribution < -0.4 is 10.6 Å². The molecule has 154 valence electrons. The van der Waals surface area contributed by atoms with E-state index in [0.717, 1.165) is 58.2 Å². The zero-order valence-corrected chi connectivity index (χ0v) is 17.8. The predicted octanol–water partition coefficient (Wildman–Crippen LogP) is 3.10. The summed E-state index contributed by atoms with van der Waals surface area (Å²) < 4.78 is 0. The van der Waals surface area contributed by atoms with Gasteiger partial charge in [-0.2, -0.15) is 0 Å². The fourth-order valence-corrected chi connectivity index (χ4v) is 5.35. The van der Waals surface area contributed by atoms with Crippen LogP contribution in [-0.4, -0.2) is 60.1 Å². The van der Waals surface area contributed by atoms with E-state index in [9.17, 15) is 4.79 Å². The molecular weight excluding hydrogens is 348 g/mol. The molecule has 3 aliphatic rings. The molecule has 28 heavy (non-hydrogen) atoms. The number of benzene rings is 1. The van der Waals surface area contributed by atoms with Crippen molar-refractivity contribution in [1.29, 1.82) is 0 Å². The Morgan fingerprint density at radius 1 is 1.14 bits per heavy atom. The van der Waals surface area contributed by atoms with Gasteiger partial charge in [0.1, 0.15) is 0 Å². The molecule has 0 atom stereocenters. The summed E-state index contributed by atoms with van der Waals surface area (Å²) in [7, 11) is 0. The highest BCUT2D eigenvalue weighted by atomic mass is 16.2. The minimum Gasteiger partial charge on any atom is -0.333 e. The van der Waals surface area contributed by atoms with Crippen LogP contribution >= 0.6 is 0 Å². The summed E-state index contributed by atoms with van der Waals surface area (Å²) in [5, 5.41) is 6.65. The quantitative estimate of drug-likeness (QED) is 0.782. The molecule has 0 aliphatic carbocycles. The Balaban J connectivity index is 1.53. The summed E-state index contributed by atoms with van der Waals surface area (Å²) in [5.74, 6) is 0. The lowest BCUT2D eigenvalue weighted by Gasteiger charge is -2.50. The van der Waals surface area contributed by atoms with Crippen molar-refractivity contribution in [3.8, 4) is 0 Å². The third-order valence-electron chi connectivity index (χ3n) is 6.79. The number of carbonyl (C=O) groups excluding carboxylic acids is 1. The Morgan fingerprint density at radius 2 is 1.82 bits per heavy atom. The van der Waals surface area contributed by atoms with Gasteiger partial charge in [0.05, 0.1) is 0 Å². The zero-order chi connectivity index (χ0) is 19.8. The molecule has 0 radical (unpaired) electrons. The highest BCUT2D eigenvalue weighted by Gasteiger charge is 2.44. The smallest absolute Gasteiger partial charge is 0.318 e. The molecule has 4 rings (SSSR count). The van der Waals surface area contributed by atoms with Crippen molar-refractivity contribution < 1.29 is 4.79 Å². The summed E-state index contributed by atoms with van der Waals surface area (Å²) >= 11 is 0. The normalized spacial score (nSPS) is 23.5. The van der Waals surface area contributed by atoms with Crippen molar-refractivity contribution >= 4 is 6.03 Å². The second-order valence-corrected chi connectivity index (χ2v) is 9.99. The van der Waals surface area contributed by atoms with Crippen molar-refractivity contribution in [2.75, 3.05) is 32.7 Å². The standard InChI is InChI=1S/C23H36N4O/c1-22(2,3)25-21(28)27-16-18-6-4-5-7-20(18)23(17-27)10-14-26(15-11-23)19-8-12-24-13-9-19/h4-7,19,24H,8-17H2,1-3H3,(H,25,28). The van der Waals surface area contributed by atoms with Gasteiger partial charge in [-0.1, -0.05) is 24.3 Å². The maximum absolute atomic E-state index is 13.0. The van der Waals surface area contributed by atoms with E-state index < -0.39 is 0 Å². The van der Waals surface area contributed by atoms with Crippen molar-refractivity contribution in [1.82, 2.24) is 20.4 Å². The van der Waals surface area contributed by atoms with Crippen molar-refractivity contribution in [2.45, 2.75) is 70.0 Å². The number of piperidine rings is 2. The topological polar surface area (TPSA) is 47.6 Å². The number of nitrogens with zero attached hydrogens (tertiary/aromatic N) is 2. The van der Waals surface area contributed by atoms with Crippen molar-refractivity contribution in [3.05, 3.63) is 35.4 Å². The second kappa shape index (κ2) is 7.68. The lowest BCUT2D eigenvalue weighted by Crippen LogP contribution is -2.58. The lowest BCUT2D eigenvalue weighted by atomic mass is 9.68. The molecule has 2 fully saturated rings. The van der Waals surface area contributed by atoms with Crippen molar-refractivity contribution in [2.24, 2.45) is 0 Å². The lowest BCUT2D eigenvalue weighted by molar-refractivity contribution is 0.0715. The summed E-state index contributed by atoms with van der Waals surface area (Å²) in [6.07, 6.45) is 4.83. The van der Waals surface area contributed by atoms with Crippen molar-refractivity contribution in [3.63, 3.8) is 0 Å². The monoisotopic (exact) mass is 384 g/mol. The maximum atomic E-state index is 13.0. The number of hydrogen-bond acceptors (Lipinski definition) is 3. The van der Waals surface area contributed by atoms with Crippen LogP contribution in [0.25, 0.3) is 0 Å². The third-order valence-corrected chi connectivity index (χ3v) is 6.79. The van der Waals surface area contributed by atoms with E-state index in [-0.39, 0.29) is 17.0 Å². The molecule has 0 saturated carbocycles. The van der Waals surface area contributed by atoms with E-state index in [0.29, 0.717) is 0 Å². The summed E-state index contributed by atoms with van der Waals surface area (Å²) in [6.45, 7) is 12.3. The first-order valence-corrected chi connectivity index (χ1v) is 11.0. The highest BCUT2D eigenvalue weighted by molar-refractivity contribution is 5.75. The second-order valence-electron chi connectivity index (χ2n) is 9.99. The fraction of sp³-hybridized carbons (Fsp3) is 0.696. The van der Waals surface area contributed by atoms with E-state index in [4.69, 9.17) is 0 Å². The third kappa shape index (κ3) is 4.06. The number of nitrogens with one attached hydrogen (secondary N) is 2. The van der Waals surface area contributed by atoms with E-state index in [1.165, 1.54) is 24.0 Å². The maximum Gasteiger partial charge on any atom is 0.318 e. The number of carbonyl (C=O) groups is 1. The predicted molar refractivity (Wildman–Crippen MR) is 114 cm³/mol. The Hall–Kier alpha value is -1.59. The molecule has 0 unspecified atom stereocenters. The molecule has 1 aromatic carbocycles. The summed E-state index contributed by atoms with van der Waals surface area (Å²) in [6, 6.07) is 9.62. The minimum absolute atomic E-state index is 0.0714. The Morgan fingerprint density at radius 3 is 2.50 bits per heavy atom. The van der Waals surface area contributed by atoms with Gasteiger partial charge in [0.2, 0.25) is 0 Å². The molecule has 2 saturated heterocycles. The number of hydrogen-bond donors (Lipinski definition) is 2. The number of likely N-dealkylation sites (tertiary alicyclic amines) is 1. The van der Waals surface area contributed by atoms with Crippen LogP contribution in [0.2, 0.25) is 0 Å². The van der Waals surface area contributed by atoms with Crippen LogP contribution in [0.4, 0.5) is 4.79 Å².